The van der Waals surface area contributed by atoms with Crippen molar-refractivity contribution >= 4 is 5.57 Å². The van der Waals surface area contributed by atoms with E-state index in [1.807, 2.05) is 0 Å². The zero-order valence-corrected chi connectivity index (χ0v) is 7.78. The molecule has 0 saturated heterocycles. The van der Waals surface area contributed by atoms with Gasteiger partial charge in [0.1, 0.15) is 0 Å². The molecule has 1 aliphatic rings. The molecule has 1 aromatic rings. The second-order valence-electron chi connectivity index (χ2n) is 3.70. The largest absolute Gasteiger partial charge is 0.0952 e. The van der Waals surface area contributed by atoms with Crippen molar-refractivity contribution in [1.82, 2.24) is 0 Å². The van der Waals surface area contributed by atoms with Gasteiger partial charge in [0.2, 0.25) is 0 Å². The first-order valence-corrected chi connectivity index (χ1v) is 4.47. The predicted molar refractivity (Wildman–Crippen MR) is 53.3 cm³/mol. The van der Waals surface area contributed by atoms with Crippen LogP contribution in [0.25, 0.3) is 5.57 Å². The van der Waals surface area contributed by atoms with Crippen molar-refractivity contribution in [2.24, 2.45) is 0 Å². The van der Waals surface area contributed by atoms with E-state index in [1.54, 1.807) is 0 Å². The van der Waals surface area contributed by atoms with E-state index in [9.17, 15) is 0 Å². The van der Waals surface area contributed by atoms with Gasteiger partial charge in [-0.15, -0.1) is 0 Å². The van der Waals surface area contributed by atoms with Crippen LogP contribution in [0, 0.1) is 13.8 Å². The molecule has 2 rings (SSSR count). The molecule has 0 amide bonds. The molecule has 0 spiro atoms. The van der Waals surface area contributed by atoms with Gasteiger partial charge >= 0.3 is 0 Å². The summed E-state index contributed by atoms with van der Waals surface area (Å²) in [6.45, 7) is 8.41. The average Bonchev–Trinajstić information content (AvgIpc) is 2.35. The Morgan fingerprint density at radius 2 is 1.75 bits per heavy atom. The minimum atomic E-state index is 1.15. The van der Waals surface area contributed by atoms with Crippen molar-refractivity contribution in [2.45, 2.75) is 26.7 Å². The summed E-state index contributed by atoms with van der Waals surface area (Å²) in [5.41, 5.74) is 6.99. The molecular weight excluding hydrogens is 144 g/mol. The highest BCUT2D eigenvalue weighted by Crippen LogP contribution is 2.32. The zero-order chi connectivity index (χ0) is 8.72. The van der Waals surface area contributed by atoms with Crippen LogP contribution in [0.15, 0.2) is 18.7 Å². The summed E-state index contributed by atoms with van der Waals surface area (Å²) in [7, 11) is 0. The molecule has 0 nitrogen and oxygen atoms in total. The first kappa shape index (κ1) is 7.60. The third-order valence-electron chi connectivity index (χ3n) is 2.80. The molecule has 0 N–H and O–H groups in total. The van der Waals surface area contributed by atoms with E-state index in [4.69, 9.17) is 0 Å². The summed E-state index contributed by atoms with van der Waals surface area (Å²) in [5.74, 6) is 0. The van der Waals surface area contributed by atoms with Crippen molar-refractivity contribution in [3.05, 3.63) is 41.0 Å². The Kier molecular flexibility index (Phi) is 1.57. The van der Waals surface area contributed by atoms with Crippen LogP contribution < -0.4 is 0 Å². The molecule has 0 radical (unpaired) electrons. The fourth-order valence-corrected chi connectivity index (χ4v) is 1.83. The lowest BCUT2D eigenvalue weighted by molar-refractivity contribution is 1.08. The van der Waals surface area contributed by atoms with Gasteiger partial charge in [0.05, 0.1) is 0 Å². The molecule has 0 aromatic heterocycles. The van der Waals surface area contributed by atoms with Crippen LogP contribution >= 0.6 is 0 Å². The Bertz CT molecular complexity index is 345. The molecule has 0 atom stereocenters. The highest BCUT2D eigenvalue weighted by molar-refractivity contribution is 5.71. The number of aryl methyl sites for hydroxylation is 3. The molecular formula is C12H14. The van der Waals surface area contributed by atoms with Gasteiger partial charge in [-0.1, -0.05) is 18.7 Å². The Hall–Kier alpha value is -1.04. The van der Waals surface area contributed by atoms with E-state index in [2.05, 4.69) is 32.6 Å². The Morgan fingerprint density at radius 3 is 2.50 bits per heavy atom. The summed E-state index contributed by atoms with van der Waals surface area (Å²) >= 11 is 0. The first-order valence-electron chi connectivity index (χ1n) is 4.47. The smallest absolute Gasteiger partial charge is 0.0195 e. The van der Waals surface area contributed by atoms with Crippen LogP contribution in [-0.2, 0) is 6.42 Å². The number of benzene rings is 1. The van der Waals surface area contributed by atoms with E-state index in [-0.39, 0.29) is 0 Å². The van der Waals surface area contributed by atoms with Gasteiger partial charge in [0.25, 0.3) is 0 Å². The lowest BCUT2D eigenvalue weighted by Crippen LogP contribution is -1.87. The van der Waals surface area contributed by atoms with E-state index in [0.717, 1.165) is 6.42 Å². The van der Waals surface area contributed by atoms with Crippen LogP contribution in [0.3, 0.4) is 0 Å². The van der Waals surface area contributed by atoms with Gasteiger partial charge in [-0.3, -0.25) is 0 Å². The molecule has 1 aliphatic carbocycles. The normalized spacial score (nSPS) is 15.0. The van der Waals surface area contributed by atoms with Crippen LogP contribution in [0.4, 0.5) is 0 Å². The minimum Gasteiger partial charge on any atom is -0.0952 e. The number of hydrogen-bond acceptors (Lipinski definition) is 0. The maximum absolute atomic E-state index is 4.07. The van der Waals surface area contributed by atoms with Gasteiger partial charge in [-0.2, -0.15) is 0 Å². The summed E-state index contributed by atoms with van der Waals surface area (Å²) in [6, 6.07) is 4.59. The van der Waals surface area contributed by atoms with Crippen LogP contribution in [-0.4, -0.2) is 0 Å². The standard InChI is InChI=1S/C12H14/c1-8-4-5-11-6-9(2)10(3)7-12(8)11/h6-7H,1,4-5H2,2-3H3. The summed E-state index contributed by atoms with van der Waals surface area (Å²) in [6.07, 6.45) is 2.34. The molecule has 0 aliphatic heterocycles. The molecule has 62 valence electrons. The number of rotatable bonds is 0. The Morgan fingerprint density at radius 1 is 1.08 bits per heavy atom. The third kappa shape index (κ3) is 0.989. The summed E-state index contributed by atoms with van der Waals surface area (Å²) < 4.78 is 0. The lowest BCUT2D eigenvalue weighted by atomic mass is 10.0. The van der Waals surface area contributed by atoms with Gasteiger partial charge in [-0.05, 0) is 54.5 Å². The van der Waals surface area contributed by atoms with E-state index < -0.39 is 0 Å². The van der Waals surface area contributed by atoms with Crippen molar-refractivity contribution in [3.8, 4) is 0 Å². The number of fused-ring (bicyclic) bond motifs is 1. The maximum Gasteiger partial charge on any atom is -0.0195 e. The highest BCUT2D eigenvalue weighted by atomic mass is 14.2. The van der Waals surface area contributed by atoms with Crippen molar-refractivity contribution in [1.29, 1.82) is 0 Å². The molecule has 0 bridgehead atoms. The van der Waals surface area contributed by atoms with Crippen LogP contribution in [0.5, 0.6) is 0 Å². The molecule has 0 fully saturated rings. The third-order valence-corrected chi connectivity index (χ3v) is 2.80. The predicted octanol–water partition coefficient (Wildman–Crippen LogP) is 3.26. The molecule has 0 saturated carbocycles. The zero-order valence-electron chi connectivity index (χ0n) is 7.78. The highest BCUT2D eigenvalue weighted by Gasteiger charge is 2.14. The van der Waals surface area contributed by atoms with E-state index >= 15 is 0 Å². The second kappa shape index (κ2) is 2.48. The van der Waals surface area contributed by atoms with Gasteiger partial charge < -0.3 is 0 Å². The van der Waals surface area contributed by atoms with Gasteiger partial charge in [0, 0.05) is 0 Å². The SMILES string of the molecule is C=C1CCc2cc(C)c(C)cc21. The van der Waals surface area contributed by atoms with Gasteiger partial charge in [0.15, 0.2) is 0 Å². The second-order valence-corrected chi connectivity index (χ2v) is 3.70. The van der Waals surface area contributed by atoms with Gasteiger partial charge in [-0.25, -0.2) is 0 Å². The monoisotopic (exact) mass is 158 g/mol. The van der Waals surface area contributed by atoms with E-state index in [1.165, 1.54) is 34.2 Å². The lowest BCUT2D eigenvalue weighted by Gasteiger charge is -2.04. The van der Waals surface area contributed by atoms with Crippen LogP contribution in [0.1, 0.15) is 28.7 Å². The summed E-state index contributed by atoms with van der Waals surface area (Å²) in [5, 5.41) is 0. The minimum absolute atomic E-state index is 1.15. The molecule has 0 heterocycles. The molecule has 1 aromatic carbocycles. The van der Waals surface area contributed by atoms with Crippen molar-refractivity contribution < 1.29 is 0 Å². The quantitative estimate of drug-likeness (QED) is 0.543. The van der Waals surface area contributed by atoms with E-state index in [0.29, 0.717) is 0 Å². The topological polar surface area (TPSA) is 0 Å². The fourth-order valence-electron chi connectivity index (χ4n) is 1.83. The maximum atomic E-state index is 4.07. The number of hydrogen-bond donors (Lipinski definition) is 0. The average molecular weight is 158 g/mol. The fraction of sp³-hybridized carbons (Fsp3) is 0.333. The molecule has 0 unspecified atom stereocenters. The van der Waals surface area contributed by atoms with Crippen molar-refractivity contribution in [2.75, 3.05) is 0 Å². The Balaban J connectivity index is 2.63. The van der Waals surface area contributed by atoms with Crippen LogP contribution in [0.2, 0.25) is 0 Å². The van der Waals surface area contributed by atoms with Crippen molar-refractivity contribution in [3.63, 3.8) is 0 Å². The molecule has 0 heteroatoms. The number of allylic oxidation sites excluding steroid dienone is 1. The first-order chi connectivity index (χ1) is 5.68. The molecule has 12 heavy (non-hydrogen) atoms. The Labute approximate surface area is 73.9 Å². The summed E-state index contributed by atoms with van der Waals surface area (Å²) in [4.78, 5) is 0.